The van der Waals surface area contributed by atoms with Gasteiger partial charge in [-0.2, -0.15) is 0 Å². The predicted octanol–water partition coefficient (Wildman–Crippen LogP) is 3.77. The van der Waals surface area contributed by atoms with Crippen LogP contribution in [0.5, 0.6) is 0 Å². The smallest absolute Gasteiger partial charge is 0.0951 e. The van der Waals surface area contributed by atoms with Crippen LogP contribution >= 0.6 is 0 Å². The van der Waals surface area contributed by atoms with Crippen molar-refractivity contribution >= 4 is 0 Å². The van der Waals surface area contributed by atoms with E-state index < -0.39 is 0 Å². The van der Waals surface area contributed by atoms with Crippen LogP contribution in [0.2, 0.25) is 0 Å². The van der Waals surface area contributed by atoms with Gasteiger partial charge in [-0.1, -0.05) is 6.07 Å². The van der Waals surface area contributed by atoms with E-state index in [1.165, 1.54) is 55.5 Å². The number of likely N-dealkylation sites (tertiary alicyclic amines) is 2. The molecule has 4 heterocycles. The van der Waals surface area contributed by atoms with Gasteiger partial charge in [-0.25, -0.2) is 0 Å². The number of rotatable bonds is 3. The lowest BCUT2D eigenvalue weighted by Gasteiger charge is -2.45. The lowest BCUT2D eigenvalue weighted by Crippen LogP contribution is -2.60. The highest BCUT2D eigenvalue weighted by Gasteiger charge is 2.49. The minimum Gasteiger partial charge on any atom is -0.381 e. The SMILES string of the molecule is Cc1cc(C2CCN([C@@H]3COC4(C3)CN(C)C4)CC2)c(C2CCOC2)c(C)c1C. The average Bonchev–Trinajstić information content (AvgIpc) is 3.36. The van der Waals surface area contributed by atoms with Crippen molar-refractivity contribution < 1.29 is 9.47 Å². The largest absolute Gasteiger partial charge is 0.381 e. The van der Waals surface area contributed by atoms with Gasteiger partial charge in [0.05, 0.1) is 18.8 Å². The summed E-state index contributed by atoms with van der Waals surface area (Å²) in [6.45, 7) is 14.4. The van der Waals surface area contributed by atoms with Crippen molar-refractivity contribution in [1.82, 2.24) is 9.80 Å². The molecular formula is C25H38N2O2. The standard InChI is InChI=1S/C25H38N2O2/c1-17-11-23(24(19(3)18(17)2)21-7-10-28-13-21)20-5-8-27(9-6-20)22-12-25(29-14-22)15-26(4)16-25/h11,20-22H,5-10,12-16H2,1-4H3/t21?,22-/m0/s1. The third-order valence-electron chi connectivity index (χ3n) is 8.37. The molecule has 2 atom stereocenters. The summed E-state index contributed by atoms with van der Waals surface area (Å²) in [7, 11) is 2.20. The second kappa shape index (κ2) is 7.64. The summed E-state index contributed by atoms with van der Waals surface area (Å²) in [6, 6.07) is 3.16. The van der Waals surface area contributed by atoms with Gasteiger partial charge >= 0.3 is 0 Å². The van der Waals surface area contributed by atoms with E-state index in [1.54, 1.807) is 11.1 Å². The Morgan fingerprint density at radius 1 is 0.966 bits per heavy atom. The molecule has 4 nitrogen and oxygen atoms in total. The summed E-state index contributed by atoms with van der Waals surface area (Å²) in [4.78, 5) is 5.11. The number of hydrogen-bond acceptors (Lipinski definition) is 4. The number of benzene rings is 1. The molecule has 4 fully saturated rings. The Bertz CT molecular complexity index is 757. The molecule has 0 saturated carbocycles. The summed E-state index contributed by atoms with van der Waals surface area (Å²) >= 11 is 0. The minimum absolute atomic E-state index is 0.178. The van der Waals surface area contributed by atoms with E-state index in [2.05, 4.69) is 43.7 Å². The fourth-order valence-corrected chi connectivity index (χ4v) is 6.56. The number of nitrogens with zero attached hydrogens (tertiary/aromatic N) is 2. The molecule has 0 amide bonds. The summed E-state index contributed by atoms with van der Waals surface area (Å²) in [6.07, 6.45) is 4.98. The molecule has 0 radical (unpaired) electrons. The Morgan fingerprint density at radius 2 is 1.72 bits per heavy atom. The molecule has 0 aromatic heterocycles. The minimum atomic E-state index is 0.178. The van der Waals surface area contributed by atoms with Crippen LogP contribution < -0.4 is 0 Å². The Kier molecular flexibility index (Phi) is 5.26. The quantitative estimate of drug-likeness (QED) is 0.774. The van der Waals surface area contributed by atoms with Crippen molar-refractivity contribution in [2.45, 2.75) is 69.9 Å². The zero-order valence-electron chi connectivity index (χ0n) is 18.8. The molecular weight excluding hydrogens is 360 g/mol. The van der Waals surface area contributed by atoms with E-state index in [4.69, 9.17) is 9.47 Å². The number of piperidine rings is 1. The fourth-order valence-electron chi connectivity index (χ4n) is 6.56. The Morgan fingerprint density at radius 3 is 2.38 bits per heavy atom. The maximum atomic E-state index is 6.26. The van der Waals surface area contributed by atoms with Gasteiger partial charge in [0.2, 0.25) is 0 Å². The highest BCUT2D eigenvalue weighted by molar-refractivity contribution is 5.48. The zero-order valence-corrected chi connectivity index (χ0v) is 18.8. The highest BCUT2D eigenvalue weighted by Crippen LogP contribution is 2.42. The van der Waals surface area contributed by atoms with Crippen molar-refractivity contribution in [1.29, 1.82) is 0 Å². The third-order valence-corrected chi connectivity index (χ3v) is 8.37. The molecule has 0 bridgehead atoms. The molecule has 4 aliphatic heterocycles. The van der Waals surface area contributed by atoms with Crippen molar-refractivity contribution in [2.75, 3.05) is 53.0 Å². The second-order valence-electron chi connectivity index (χ2n) is 10.3. The van der Waals surface area contributed by atoms with E-state index >= 15 is 0 Å². The monoisotopic (exact) mass is 398 g/mol. The molecule has 1 spiro atoms. The lowest BCUT2D eigenvalue weighted by atomic mass is 9.78. The Hall–Kier alpha value is -0.940. The molecule has 0 aliphatic carbocycles. The molecule has 4 heteroatoms. The average molecular weight is 399 g/mol. The summed E-state index contributed by atoms with van der Waals surface area (Å²) in [5.74, 6) is 1.30. The number of ether oxygens (including phenoxy) is 2. The first-order chi connectivity index (χ1) is 14.0. The first-order valence-electron chi connectivity index (χ1n) is 11.7. The van der Waals surface area contributed by atoms with Gasteiger partial charge in [0.15, 0.2) is 0 Å². The van der Waals surface area contributed by atoms with Crippen LogP contribution in [-0.2, 0) is 9.47 Å². The Labute approximate surface area is 176 Å². The van der Waals surface area contributed by atoms with Gasteiger partial charge < -0.3 is 14.4 Å². The van der Waals surface area contributed by atoms with Gasteiger partial charge in [-0.3, -0.25) is 4.90 Å². The van der Waals surface area contributed by atoms with Crippen LogP contribution in [-0.4, -0.2) is 74.5 Å². The molecule has 1 aromatic carbocycles. The van der Waals surface area contributed by atoms with Crippen molar-refractivity contribution in [3.8, 4) is 0 Å². The van der Waals surface area contributed by atoms with Crippen LogP contribution in [0.15, 0.2) is 6.07 Å². The zero-order chi connectivity index (χ0) is 20.2. The normalized spacial score (nSPS) is 30.9. The molecule has 4 saturated heterocycles. The second-order valence-corrected chi connectivity index (χ2v) is 10.3. The Balaban J connectivity index is 1.30. The maximum absolute atomic E-state index is 6.26. The van der Waals surface area contributed by atoms with E-state index in [-0.39, 0.29) is 5.60 Å². The van der Waals surface area contributed by atoms with Crippen LogP contribution in [0.1, 0.15) is 65.3 Å². The maximum Gasteiger partial charge on any atom is 0.0951 e. The van der Waals surface area contributed by atoms with Crippen molar-refractivity contribution in [3.05, 3.63) is 33.9 Å². The van der Waals surface area contributed by atoms with Crippen LogP contribution in [0.4, 0.5) is 0 Å². The molecule has 160 valence electrons. The summed E-state index contributed by atoms with van der Waals surface area (Å²) in [5, 5.41) is 0. The van der Waals surface area contributed by atoms with Gasteiger partial charge in [-0.15, -0.1) is 0 Å². The predicted molar refractivity (Wildman–Crippen MR) is 117 cm³/mol. The van der Waals surface area contributed by atoms with Crippen LogP contribution in [0.3, 0.4) is 0 Å². The molecule has 1 unspecified atom stereocenters. The number of likely N-dealkylation sites (N-methyl/N-ethyl adjacent to an activating group) is 1. The third kappa shape index (κ3) is 3.56. The molecule has 4 aliphatic rings. The molecule has 1 aromatic rings. The van der Waals surface area contributed by atoms with Gasteiger partial charge in [0, 0.05) is 31.7 Å². The summed E-state index contributed by atoms with van der Waals surface area (Å²) in [5.41, 5.74) is 7.91. The molecule has 0 N–H and O–H groups in total. The molecule has 29 heavy (non-hydrogen) atoms. The van der Waals surface area contributed by atoms with Crippen LogP contribution in [0.25, 0.3) is 0 Å². The van der Waals surface area contributed by atoms with Crippen molar-refractivity contribution in [2.24, 2.45) is 0 Å². The lowest BCUT2D eigenvalue weighted by molar-refractivity contribution is -0.100. The first-order valence-corrected chi connectivity index (χ1v) is 11.7. The highest BCUT2D eigenvalue weighted by atomic mass is 16.5. The topological polar surface area (TPSA) is 24.9 Å². The summed E-state index contributed by atoms with van der Waals surface area (Å²) < 4.78 is 12.0. The van der Waals surface area contributed by atoms with E-state index in [0.29, 0.717) is 17.9 Å². The van der Waals surface area contributed by atoms with Gasteiger partial charge in [0.25, 0.3) is 0 Å². The van der Waals surface area contributed by atoms with Crippen LogP contribution in [0, 0.1) is 20.8 Å². The van der Waals surface area contributed by atoms with Crippen molar-refractivity contribution in [3.63, 3.8) is 0 Å². The number of hydrogen-bond donors (Lipinski definition) is 0. The first kappa shape index (κ1) is 20.0. The van der Waals surface area contributed by atoms with Gasteiger partial charge in [-0.05, 0) is 100 Å². The number of aryl methyl sites for hydroxylation is 1. The van der Waals surface area contributed by atoms with Gasteiger partial charge in [0.1, 0.15) is 0 Å². The fraction of sp³-hybridized carbons (Fsp3) is 0.760. The molecule has 5 rings (SSSR count). The van der Waals surface area contributed by atoms with E-state index in [1.807, 2.05) is 0 Å². The van der Waals surface area contributed by atoms with E-state index in [0.717, 1.165) is 32.9 Å². The van der Waals surface area contributed by atoms with E-state index in [9.17, 15) is 0 Å².